The van der Waals surface area contributed by atoms with Crippen molar-refractivity contribution in [2.45, 2.75) is 33.0 Å². The summed E-state index contributed by atoms with van der Waals surface area (Å²) in [4.78, 5) is 0. The van der Waals surface area contributed by atoms with Crippen LogP contribution in [0, 0.1) is 5.92 Å². The van der Waals surface area contributed by atoms with Crippen molar-refractivity contribution in [3.05, 3.63) is 59.7 Å². The number of ether oxygens (including phenoxy) is 1. The highest BCUT2D eigenvalue weighted by Gasteiger charge is 2.03. The minimum atomic E-state index is -1.45. The topological polar surface area (TPSA) is 49.7 Å². The van der Waals surface area contributed by atoms with Crippen molar-refractivity contribution in [3.63, 3.8) is 0 Å². The van der Waals surface area contributed by atoms with Crippen molar-refractivity contribution in [3.8, 4) is 11.5 Å². The Morgan fingerprint density at radius 2 is 1.38 bits per heavy atom. The van der Waals surface area contributed by atoms with E-state index >= 15 is 0 Å². The van der Waals surface area contributed by atoms with E-state index in [2.05, 4.69) is 26.0 Å². The molecule has 2 N–H and O–H groups in total. The summed E-state index contributed by atoms with van der Waals surface area (Å²) in [7, 11) is 0. The van der Waals surface area contributed by atoms with Crippen LogP contribution in [-0.4, -0.2) is 10.2 Å². The lowest BCUT2D eigenvalue weighted by Gasteiger charge is -2.09. The molecule has 0 aliphatic heterocycles. The molecule has 0 saturated heterocycles. The quantitative estimate of drug-likeness (QED) is 0.788. The summed E-state index contributed by atoms with van der Waals surface area (Å²) in [6.45, 7) is 4.45. The molecule has 0 fully saturated rings. The Morgan fingerprint density at radius 3 is 1.86 bits per heavy atom. The van der Waals surface area contributed by atoms with Crippen LogP contribution < -0.4 is 4.74 Å². The van der Waals surface area contributed by atoms with Gasteiger partial charge in [0.05, 0.1) is 0 Å². The van der Waals surface area contributed by atoms with Gasteiger partial charge in [-0.05, 0) is 48.6 Å². The lowest BCUT2D eigenvalue weighted by molar-refractivity contribution is -0.0424. The molecule has 3 nitrogen and oxygen atoms in total. The summed E-state index contributed by atoms with van der Waals surface area (Å²) in [5.41, 5.74) is 1.76. The van der Waals surface area contributed by atoms with Crippen molar-refractivity contribution < 1.29 is 14.9 Å². The summed E-state index contributed by atoms with van der Waals surface area (Å²) in [5, 5.41) is 18.1. The number of aliphatic hydroxyl groups is 2. The Morgan fingerprint density at radius 1 is 0.857 bits per heavy atom. The van der Waals surface area contributed by atoms with Gasteiger partial charge in [-0.15, -0.1) is 0 Å². The van der Waals surface area contributed by atoms with Gasteiger partial charge >= 0.3 is 0 Å². The van der Waals surface area contributed by atoms with E-state index in [1.54, 1.807) is 24.3 Å². The van der Waals surface area contributed by atoms with Crippen LogP contribution in [0.5, 0.6) is 11.5 Å². The van der Waals surface area contributed by atoms with E-state index in [1.807, 2.05) is 12.1 Å². The molecule has 0 aliphatic carbocycles. The molecule has 0 amide bonds. The van der Waals surface area contributed by atoms with Crippen LogP contribution >= 0.6 is 0 Å². The molecule has 0 saturated carbocycles. The Hall–Kier alpha value is -1.84. The predicted molar refractivity (Wildman–Crippen MR) is 83.3 cm³/mol. The maximum absolute atomic E-state index is 9.04. The zero-order valence-electron chi connectivity index (χ0n) is 12.5. The first-order valence-corrected chi connectivity index (χ1v) is 7.27. The van der Waals surface area contributed by atoms with Gasteiger partial charge in [0.2, 0.25) is 0 Å². The van der Waals surface area contributed by atoms with Gasteiger partial charge in [-0.2, -0.15) is 0 Å². The first-order valence-electron chi connectivity index (χ1n) is 7.27. The molecule has 0 unspecified atom stereocenters. The van der Waals surface area contributed by atoms with E-state index in [9.17, 15) is 0 Å². The fraction of sp³-hybridized carbons (Fsp3) is 0.333. The number of rotatable bonds is 6. The third-order valence-electron chi connectivity index (χ3n) is 3.35. The second kappa shape index (κ2) is 7.25. The molecule has 2 aromatic rings. The van der Waals surface area contributed by atoms with Gasteiger partial charge in [0.1, 0.15) is 11.5 Å². The minimum absolute atomic E-state index is 0.450. The van der Waals surface area contributed by atoms with Crippen molar-refractivity contribution >= 4 is 0 Å². The summed E-state index contributed by atoms with van der Waals surface area (Å²) >= 11 is 0. The number of hydrogen-bond acceptors (Lipinski definition) is 3. The van der Waals surface area contributed by atoms with Gasteiger partial charge < -0.3 is 14.9 Å². The summed E-state index contributed by atoms with van der Waals surface area (Å²) in [6.07, 6.45) is 0.825. The van der Waals surface area contributed by atoms with Crippen molar-refractivity contribution in [1.82, 2.24) is 0 Å². The van der Waals surface area contributed by atoms with Gasteiger partial charge in [0.25, 0.3) is 0 Å². The van der Waals surface area contributed by atoms with E-state index in [4.69, 9.17) is 14.9 Å². The molecule has 0 bridgehead atoms. The van der Waals surface area contributed by atoms with Crippen LogP contribution in [-0.2, 0) is 6.42 Å². The SMILES string of the molecule is CC(C)CCc1ccc(Oc2ccc(C(O)O)cc2)cc1. The fourth-order valence-corrected chi connectivity index (χ4v) is 2.02. The van der Waals surface area contributed by atoms with Gasteiger partial charge in [0.15, 0.2) is 6.29 Å². The fourth-order valence-electron chi connectivity index (χ4n) is 2.02. The molecule has 0 atom stereocenters. The molecular formula is C18H22O3. The summed E-state index contributed by atoms with van der Waals surface area (Å²) < 4.78 is 5.73. The number of hydrogen-bond donors (Lipinski definition) is 2. The maximum Gasteiger partial charge on any atom is 0.178 e. The highest BCUT2D eigenvalue weighted by molar-refractivity contribution is 5.34. The van der Waals surface area contributed by atoms with E-state index < -0.39 is 6.29 Å². The second-order valence-corrected chi connectivity index (χ2v) is 5.62. The number of aryl methyl sites for hydroxylation is 1. The van der Waals surface area contributed by atoms with Crippen molar-refractivity contribution in [2.24, 2.45) is 5.92 Å². The van der Waals surface area contributed by atoms with Crippen molar-refractivity contribution in [2.75, 3.05) is 0 Å². The number of aliphatic hydroxyl groups excluding tert-OH is 1. The average molecular weight is 286 g/mol. The van der Waals surface area contributed by atoms with E-state index in [0.29, 0.717) is 17.2 Å². The minimum Gasteiger partial charge on any atom is -0.457 e. The van der Waals surface area contributed by atoms with Gasteiger partial charge in [-0.1, -0.05) is 38.1 Å². The van der Waals surface area contributed by atoms with E-state index in [-0.39, 0.29) is 0 Å². The third-order valence-corrected chi connectivity index (χ3v) is 3.35. The largest absolute Gasteiger partial charge is 0.457 e. The first kappa shape index (κ1) is 15.5. The smallest absolute Gasteiger partial charge is 0.178 e. The average Bonchev–Trinajstić information content (AvgIpc) is 2.47. The summed E-state index contributed by atoms with van der Waals surface area (Å²) in [5.74, 6) is 2.16. The monoisotopic (exact) mass is 286 g/mol. The van der Waals surface area contributed by atoms with Crippen LogP contribution in [0.2, 0.25) is 0 Å². The Bertz CT molecular complexity index is 542. The first-order chi connectivity index (χ1) is 10.0. The van der Waals surface area contributed by atoms with Crippen LogP contribution in [0.3, 0.4) is 0 Å². The van der Waals surface area contributed by atoms with Crippen LogP contribution in [0.25, 0.3) is 0 Å². The van der Waals surface area contributed by atoms with E-state index in [0.717, 1.165) is 12.2 Å². The molecule has 21 heavy (non-hydrogen) atoms. The third kappa shape index (κ3) is 4.88. The molecule has 0 heterocycles. The van der Waals surface area contributed by atoms with Gasteiger partial charge in [-0.25, -0.2) is 0 Å². The normalized spacial score (nSPS) is 11.1. The zero-order valence-corrected chi connectivity index (χ0v) is 12.5. The molecule has 3 heteroatoms. The molecule has 0 radical (unpaired) electrons. The van der Waals surface area contributed by atoms with Crippen LogP contribution in [0.15, 0.2) is 48.5 Å². The van der Waals surface area contributed by atoms with E-state index in [1.165, 1.54) is 12.0 Å². The molecule has 2 rings (SSSR count). The second-order valence-electron chi connectivity index (χ2n) is 5.62. The highest BCUT2D eigenvalue weighted by Crippen LogP contribution is 2.23. The molecule has 0 aromatic heterocycles. The zero-order chi connectivity index (χ0) is 15.2. The lowest BCUT2D eigenvalue weighted by atomic mass is 10.0. The summed E-state index contributed by atoms with van der Waals surface area (Å²) in [6, 6.07) is 14.8. The van der Waals surface area contributed by atoms with Gasteiger partial charge in [-0.3, -0.25) is 0 Å². The Labute approximate surface area is 125 Å². The Kier molecular flexibility index (Phi) is 5.37. The lowest BCUT2D eigenvalue weighted by Crippen LogP contribution is -1.94. The maximum atomic E-state index is 9.04. The molecular weight excluding hydrogens is 264 g/mol. The van der Waals surface area contributed by atoms with Crippen molar-refractivity contribution in [1.29, 1.82) is 0 Å². The predicted octanol–water partition coefficient (Wildman–Crippen LogP) is 4.05. The number of benzene rings is 2. The highest BCUT2D eigenvalue weighted by atomic mass is 16.5. The van der Waals surface area contributed by atoms with Crippen LogP contribution in [0.1, 0.15) is 37.7 Å². The van der Waals surface area contributed by atoms with Crippen LogP contribution in [0.4, 0.5) is 0 Å². The molecule has 2 aromatic carbocycles. The van der Waals surface area contributed by atoms with Gasteiger partial charge in [0, 0.05) is 5.56 Å². The standard InChI is InChI=1S/C18H22O3/c1-13(2)3-4-14-5-9-16(10-6-14)21-17-11-7-15(8-12-17)18(19)20/h5-13,18-20H,3-4H2,1-2H3. The molecule has 0 aliphatic rings. The Balaban J connectivity index is 1.96. The molecule has 0 spiro atoms. The molecule has 112 valence electrons.